The summed E-state index contributed by atoms with van der Waals surface area (Å²) in [6.45, 7) is 10.6. The van der Waals surface area contributed by atoms with Crippen LogP contribution in [0.5, 0.6) is 0 Å². The molecule has 5 N–H and O–H groups in total. The fourth-order valence-corrected chi connectivity index (χ4v) is 3.32. The number of anilines is 2. The van der Waals surface area contributed by atoms with Gasteiger partial charge in [-0.1, -0.05) is 26.8 Å². The Labute approximate surface area is 121 Å². The predicted octanol–water partition coefficient (Wildman–Crippen LogP) is 2.54. The Kier molecular flexibility index (Phi) is 4.41. The fourth-order valence-electron chi connectivity index (χ4n) is 2.64. The van der Waals surface area contributed by atoms with Crippen LogP contribution in [-0.2, 0) is 10.0 Å². The number of rotatable bonds is 4. The van der Waals surface area contributed by atoms with Crippen molar-refractivity contribution < 1.29 is 8.42 Å². The first-order valence-electron chi connectivity index (χ1n) is 6.51. The van der Waals surface area contributed by atoms with Crippen molar-refractivity contribution in [2.75, 3.05) is 11.1 Å². The van der Waals surface area contributed by atoms with Crippen molar-refractivity contribution in [2.45, 2.75) is 51.5 Å². The predicted molar refractivity (Wildman–Crippen MR) is 84.0 cm³/mol. The summed E-state index contributed by atoms with van der Waals surface area (Å²) < 4.78 is 22.9. The average Bonchev–Trinajstić information content (AvgIpc) is 2.15. The third-order valence-electron chi connectivity index (χ3n) is 2.82. The number of hydrogen-bond donors (Lipinski definition) is 3. The summed E-state index contributed by atoms with van der Waals surface area (Å²) in [4.78, 5) is -0.0472. The van der Waals surface area contributed by atoms with E-state index < -0.39 is 10.0 Å². The van der Waals surface area contributed by atoms with Gasteiger partial charge in [-0.25, -0.2) is 13.6 Å². The fraction of sp³-hybridized carbons (Fsp3) is 0.571. The highest BCUT2D eigenvalue weighted by molar-refractivity contribution is 7.89. The topological polar surface area (TPSA) is 98.2 Å². The molecule has 0 aromatic heterocycles. The van der Waals surface area contributed by atoms with Crippen LogP contribution in [-0.4, -0.2) is 14.0 Å². The first-order chi connectivity index (χ1) is 8.82. The zero-order valence-corrected chi connectivity index (χ0v) is 13.6. The summed E-state index contributed by atoms with van der Waals surface area (Å²) in [5.74, 6) is 0. The molecule has 114 valence electrons. The van der Waals surface area contributed by atoms with Gasteiger partial charge in [0.25, 0.3) is 0 Å². The highest BCUT2D eigenvalue weighted by atomic mass is 32.2. The molecule has 1 aromatic rings. The van der Waals surface area contributed by atoms with Crippen LogP contribution in [0.2, 0.25) is 0 Å². The van der Waals surface area contributed by atoms with Gasteiger partial charge in [-0.3, -0.25) is 0 Å². The van der Waals surface area contributed by atoms with E-state index in [9.17, 15) is 8.42 Å². The lowest BCUT2D eigenvalue weighted by atomic mass is 9.81. The summed E-state index contributed by atoms with van der Waals surface area (Å²) in [5.41, 5.74) is 6.59. The number of nitrogens with two attached hydrogens (primary N) is 2. The van der Waals surface area contributed by atoms with Gasteiger partial charge in [-0.05, 0) is 37.8 Å². The van der Waals surface area contributed by atoms with Gasteiger partial charge in [0.2, 0.25) is 10.0 Å². The van der Waals surface area contributed by atoms with E-state index >= 15 is 0 Å². The number of primary sulfonamides is 1. The van der Waals surface area contributed by atoms with E-state index in [1.54, 1.807) is 12.1 Å². The maximum absolute atomic E-state index is 11.5. The lowest BCUT2D eigenvalue weighted by molar-refractivity contribution is 0.302. The number of nitrogens with one attached hydrogen (secondary N) is 1. The number of sulfonamides is 1. The second-order valence-electron chi connectivity index (χ2n) is 7.01. The zero-order valence-electron chi connectivity index (χ0n) is 12.8. The van der Waals surface area contributed by atoms with Crippen LogP contribution >= 0.6 is 0 Å². The first kappa shape index (κ1) is 16.8. The molecule has 0 saturated heterocycles. The standard InChI is InChI=1S/C14H25N3O2S/c1-13(2,3)9-14(4,5)17-10-7-6-8-11(12(10)15)20(16,18)19/h6-8,17H,9,15H2,1-5H3,(H2,16,18,19). The lowest BCUT2D eigenvalue weighted by Gasteiger charge is -2.34. The van der Waals surface area contributed by atoms with Gasteiger partial charge in [0.05, 0.1) is 11.4 Å². The van der Waals surface area contributed by atoms with Crippen LogP contribution in [0.4, 0.5) is 11.4 Å². The van der Waals surface area contributed by atoms with Crippen LogP contribution in [0.3, 0.4) is 0 Å². The van der Waals surface area contributed by atoms with E-state index in [0.717, 1.165) is 6.42 Å². The van der Waals surface area contributed by atoms with Gasteiger partial charge < -0.3 is 11.1 Å². The van der Waals surface area contributed by atoms with Crippen molar-refractivity contribution >= 4 is 21.4 Å². The van der Waals surface area contributed by atoms with Crippen molar-refractivity contribution in [1.29, 1.82) is 0 Å². The number of benzene rings is 1. The van der Waals surface area contributed by atoms with Crippen LogP contribution < -0.4 is 16.2 Å². The molecule has 0 fully saturated rings. The van der Waals surface area contributed by atoms with Gasteiger partial charge in [-0.2, -0.15) is 0 Å². The molecule has 0 bridgehead atoms. The molecular weight excluding hydrogens is 274 g/mol. The highest BCUT2D eigenvalue weighted by Crippen LogP contribution is 2.33. The Balaban J connectivity index is 3.11. The molecule has 0 aliphatic carbocycles. The molecule has 5 nitrogen and oxygen atoms in total. The largest absolute Gasteiger partial charge is 0.396 e. The molecule has 20 heavy (non-hydrogen) atoms. The molecule has 0 spiro atoms. The van der Waals surface area contributed by atoms with Crippen molar-refractivity contribution in [3.63, 3.8) is 0 Å². The smallest absolute Gasteiger partial charge is 0.240 e. The molecule has 0 heterocycles. The number of nitrogen functional groups attached to an aromatic ring is 1. The third kappa shape index (κ3) is 4.68. The van der Waals surface area contributed by atoms with Crippen molar-refractivity contribution in [2.24, 2.45) is 10.6 Å². The van der Waals surface area contributed by atoms with E-state index in [2.05, 4.69) is 39.9 Å². The maximum Gasteiger partial charge on any atom is 0.240 e. The monoisotopic (exact) mass is 299 g/mol. The van der Waals surface area contributed by atoms with Crippen LogP contribution in [0, 0.1) is 5.41 Å². The second-order valence-corrected chi connectivity index (χ2v) is 8.54. The van der Waals surface area contributed by atoms with Crippen LogP contribution in [0.15, 0.2) is 23.1 Å². The van der Waals surface area contributed by atoms with Gasteiger partial charge in [-0.15, -0.1) is 0 Å². The van der Waals surface area contributed by atoms with Gasteiger partial charge in [0.1, 0.15) is 4.90 Å². The molecule has 0 aliphatic heterocycles. The van der Waals surface area contributed by atoms with Crippen LogP contribution in [0.1, 0.15) is 41.0 Å². The SMILES string of the molecule is CC(C)(C)CC(C)(C)Nc1cccc(S(N)(=O)=O)c1N. The summed E-state index contributed by atoms with van der Waals surface area (Å²) in [7, 11) is -3.81. The van der Waals surface area contributed by atoms with Crippen molar-refractivity contribution in [1.82, 2.24) is 0 Å². The summed E-state index contributed by atoms with van der Waals surface area (Å²) in [6, 6.07) is 4.80. The zero-order chi connectivity index (χ0) is 15.8. The summed E-state index contributed by atoms with van der Waals surface area (Å²) in [6.07, 6.45) is 0.902. The molecule has 0 amide bonds. The van der Waals surface area contributed by atoms with Gasteiger partial charge >= 0.3 is 0 Å². The minimum absolute atomic E-state index is 0.0472. The Bertz CT molecular complexity index is 587. The molecule has 0 saturated carbocycles. The minimum atomic E-state index is -3.81. The molecule has 0 aliphatic rings. The van der Waals surface area contributed by atoms with E-state index in [4.69, 9.17) is 10.9 Å². The van der Waals surface area contributed by atoms with Gasteiger partial charge in [0, 0.05) is 5.54 Å². The molecule has 0 atom stereocenters. The van der Waals surface area contributed by atoms with Crippen molar-refractivity contribution in [3.8, 4) is 0 Å². The molecule has 0 radical (unpaired) electrons. The Morgan fingerprint density at radius 1 is 1.15 bits per heavy atom. The van der Waals surface area contributed by atoms with Gasteiger partial charge in [0.15, 0.2) is 0 Å². The Morgan fingerprint density at radius 3 is 2.15 bits per heavy atom. The lowest BCUT2D eigenvalue weighted by Crippen LogP contribution is -2.35. The second kappa shape index (κ2) is 5.26. The van der Waals surface area contributed by atoms with E-state index in [1.807, 2.05) is 0 Å². The molecule has 6 heteroatoms. The minimum Gasteiger partial charge on any atom is -0.396 e. The molecule has 1 rings (SSSR count). The summed E-state index contributed by atoms with van der Waals surface area (Å²) in [5, 5.41) is 8.47. The maximum atomic E-state index is 11.5. The van der Waals surface area contributed by atoms with E-state index in [1.165, 1.54) is 6.07 Å². The molecule has 0 unspecified atom stereocenters. The third-order valence-corrected chi connectivity index (χ3v) is 3.79. The Hall–Kier alpha value is -1.27. The Morgan fingerprint density at radius 2 is 1.70 bits per heavy atom. The number of para-hydroxylation sites is 1. The summed E-state index contributed by atoms with van der Waals surface area (Å²) >= 11 is 0. The highest BCUT2D eigenvalue weighted by Gasteiger charge is 2.26. The van der Waals surface area contributed by atoms with Crippen molar-refractivity contribution in [3.05, 3.63) is 18.2 Å². The molecule has 1 aromatic carbocycles. The van der Waals surface area contributed by atoms with E-state index in [-0.39, 0.29) is 21.5 Å². The van der Waals surface area contributed by atoms with E-state index in [0.29, 0.717) is 5.69 Å². The normalized spacial score (nSPS) is 13.3. The quantitative estimate of drug-likeness (QED) is 0.744. The average molecular weight is 299 g/mol. The van der Waals surface area contributed by atoms with Crippen LogP contribution in [0.25, 0.3) is 0 Å². The molecular formula is C14H25N3O2S. The first-order valence-corrected chi connectivity index (χ1v) is 8.06. The number of hydrogen-bond acceptors (Lipinski definition) is 4.